The lowest BCUT2D eigenvalue weighted by Crippen LogP contribution is -2.09. The Morgan fingerprint density at radius 2 is 1.31 bits per heavy atom. The highest BCUT2D eigenvalue weighted by Crippen LogP contribution is 2.03. The molecule has 0 aliphatic rings. The lowest BCUT2D eigenvalue weighted by molar-refractivity contribution is -0.138. The molecule has 0 unspecified atom stereocenters. The van der Waals surface area contributed by atoms with E-state index in [9.17, 15) is 19.2 Å². The Labute approximate surface area is 172 Å². The Bertz CT molecular complexity index is 457. The van der Waals surface area contributed by atoms with Gasteiger partial charge in [0.05, 0.1) is 6.61 Å². The number of carboxylic acids is 2. The number of esters is 1. The van der Waals surface area contributed by atoms with Crippen molar-refractivity contribution >= 4 is 23.8 Å². The van der Waals surface area contributed by atoms with Crippen molar-refractivity contribution in [3.8, 4) is 0 Å². The molecule has 0 fully saturated rings. The van der Waals surface area contributed by atoms with Gasteiger partial charge in [-0.05, 0) is 6.42 Å². The first-order valence-corrected chi connectivity index (χ1v) is 9.01. The van der Waals surface area contributed by atoms with Crippen LogP contribution in [-0.4, -0.2) is 52.3 Å². The fraction of sp³-hybridized carbons (Fsp3) is 0.500. The second-order valence-corrected chi connectivity index (χ2v) is 5.16. The van der Waals surface area contributed by atoms with Crippen molar-refractivity contribution in [1.82, 2.24) is 0 Å². The molecule has 0 aromatic heterocycles. The third-order valence-electron chi connectivity index (χ3n) is 2.59. The van der Waals surface area contributed by atoms with Gasteiger partial charge in [0.2, 0.25) is 5.91 Å². The van der Waals surface area contributed by atoms with Crippen LogP contribution in [0.5, 0.6) is 0 Å². The van der Waals surface area contributed by atoms with Crippen LogP contribution in [0.4, 0.5) is 0 Å². The van der Waals surface area contributed by atoms with Crippen molar-refractivity contribution in [2.45, 2.75) is 51.9 Å². The highest BCUT2D eigenvalue weighted by molar-refractivity contribution is 5.81. The molecule has 0 bridgehead atoms. The van der Waals surface area contributed by atoms with Crippen LogP contribution < -0.4 is 5.73 Å². The van der Waals surface area contributed by atoms with Crippen molar-refractivity contribution in [1.29, 1.82) is 0 Å². The van der Waals surface area contributed by atoms with Gasteiger partial charge in [-0.1, -0.05) is 52.3 Å². The minimum atomic E-state index is -0.981. The Kier molecular flexibility index (Phi) is 34.6. The Morgan fingerprint density at radius 1 is 0.862 bits per heavy atom. The van der Waals surface area contributed by atoms with Crippen LogP contribution in [0.25, 0.3) is 0 Å². The van der Waals surface area contributed by atoms with E-state index >= 15 is 0 Å². The number of carboxylic acid groups (broad SMARTS) is 2. The summed E-state index contributed by atoms with van der Waals surface area (Å²) >= 11 is 0. The highest BCUT2D eigenvalue weighted by atomic mass is 16.5. The summed E-state index contributed by atoms with van der Waals surface area (Å²) in [7, 11) is 0. The van der Waals surface area contributed by atoms with Crippen molar-refractivity contribution in [2.75, 3.05) is 13.2 Å². The minimum absolute atomic E-state index is 0.0461. The van der Waals surface area contributed by atoms with Crippen LogP contribution in [-0.2, 0) is 23.9 Å². The van der Waals surface area contributed by atoms with Gasteiger partial charge in [-0.2, -0.15) is 0 Å². The lowest BCUT2D eigenvalue weighted by atomic mass is 10.1. The summed E-state index contributed by atoms with van der Waals surface area (Å²) in [5.74, 6) is -2.57. The number of unbranched alkanes of at least 4 members (excludes halogenated alkanes) is 4. The molecule has 5 N–H and O–H groups in total. The normalized spacial score (nSPS) is 8.21. The third-order valence-corrected chi connectivity index (χ3v) is 2.59. The van der Waals surface area contributed by atoms with Gasteiger partial charge in [0.25, 0.3) is 0 Å². The van der Waals surface area contributed by atoms with Gasteiger partial charge in [0.15, 0.2) is 0 Å². The van der Waals surface area contributed by atoms with Gasteiger partial charge < -0.3 is 25.8 Å². The molecule has 0 spiro atoms. The van der Waals surface area contributed by atoms with Crippen molar-refractivity contribution in [3.05, 3.63) is 38.0 Å². The molecule has 9 heteroatoms. The molecule has 0 aliphatic carbocycles. The summed E-state index contributed by atoms with van der Waals surface area (Å²) in [6, 6.07) is 0. The van der Waals surface area contributed by atoms with Crippen LogP contribution in [0.15, 0.2) is 38.0 Å². The largest absolute Gasteiger partial charge is 0.478 e. The van der Waals surface area contributed by atoms with Gasteiger partial charge in [0, 0.05) is 37.7 Å². The number of carbonyl (C=O) groups is 4. The second-order valence-electron chi connectivity index (χ2n) is 5.16. The number of ether oxygens (including phenoxy) is 1. The first kappa shape index (κ1) is 33.6. The van der Waals surface area contributed by atoms with E-state index in [1.165, 1.54) is 19.3 Å². The second kappa shape index (κ2) is 29.8. The first-order chi connectivity index (χ1) is 13.6. The zero-order valence-electron chi connectivity index (χ0n) is 17.2. The minimum Gasteiger partial charge on any atom is -0.478 e. The predicted molar refractivity (Wildman–Crippen MR) is 111 cm³/mol. The maximum atomic E-state index is 10.3. The highest BCUT2D eigenvalue weighted by Gasteiger charge is 1.93. The number of aliphatic hydroxyl groups is 1. The number of aliphatic carboxylic acids is 2. The molecule has 1 amide bonds. The van der Waals surface area contributed by atoms with Crippen LogP contribution in [0, 0.1) is 0 Å². The van der Waals surface area contributed by atoms with E-state index in [2.05, 4.69) is 31.4 Å². The van der Waals surface area contributed by atoms with Gasteiger partial charge in [0.1, 0.15) is 0 Å². The zero-order chi connectivity index (χ0) is 23.5. The smallest absolute Gasteiger partial charge is 0.330 e. The Balaban J connectivity index is -0.000000151. The van der Waals surface area contributed by atoms with E-state index in [1.54, 1.807) is 0 Å². The summed E-state index contributed by atoms with van der Waals surface area (Å²) in [4.78, 5) is 39.0. The maximum absolute atomic E-state index is 10.3. The number of hydrogen-bond acceptors (Lipinski definition) is 6. The molecular formula is C20H35NO8. The fourth-order valence-electron chi connectivity index (χ4n) is 1.20. The lowest BCUT2D eigenvalue weighted by Gasteiger charge is -1.96. The molecule has 0 aromatic carbocycles. The maximum Gasteiger partial charge on any atom is 0.330 e. The summed E-state index contributed by atoms with van der Waals surface area (Å²) < 4.78 is 4.51. The van der Waals surface area contributed by atoms with Crippen molar-refractivity contribution < 1.29 is 39.2 Å². The van der Waals surface area contributed by atoms with Crippen molar-refractivity contribution in [3.63, 3.8) is 0 Å². The molecule has 0 heterocycles. The van der Waals surface area contributed by atoms with Crippen LogP contribution in [0.1, 0.15) is 51.9 Å². The van der Waals surface area contributed by atoms with Gasteiger partial charge in [-0.15, -0.1) is 0 Å². The molecule has 0 aliphatic heterocycles. The number of carbonyl (C=O) groups excluding carboxylic acids is 2. The molecule has 0 saturated heterocycles. The van der Waals surface area contributed by atoms with Gasteiger partial charge in [-0.3, -0.25) is 4.79 Å². The number of aliphatic hydroxyl groups excluding tert-OH is 1. The predicted octanol–water partition coefficient (Wildman–Crippen LogP) is 2.44. The summed E-state index contributed by atoms with van der Waals surface area (Å²) in [5.41, 5.74) is 4.97. The number of rotatable bonds is 12. The Morgan fingerprint density at radius 3 is 1.62 bits per heavy atom. The number of hydrogen-bond donors (Lipinski definition) is 4. The van der Waals surface area contributed by atoms with Crippen molar-refractivity contribution in [2.24, 2.45) is 5.73 Å². The average Bonchev–Trinajstić information content (AvgIpc) is 2.69. The molecular weight excluding hydrogens is 382 g/mol. The standard InChI is InChI=1S/C8H17NO.C6H10O3.2C3H4O2/c1-2-3-4-5-6-7-8(9)10;1-2-6(8)9-5-3-4-7;2*1-2-3(4)5/h2-7H2,1H3,(H2,9,10);2,7H,1,3-5H2;2*2H,1H2,(H,4,5). The fourth-order valence-corrected chi connectivity index (χ4v) is 1.20. The van der Waals surface area contributed by atoms with Gasteiger partial charge >= 0.3 is 17.9 Å². The molecule has 168 valence electrons. The summed E-state index contributed by atoms with van der Waals surface area (Å²) in [6.45, 7) is 11.6. The quantitative estimate of drug-likeness (QED) is 0.213. The van der Waals surface area contributed by atoms with Crippen LogP contribution in [0.3, 0.4) is 0 Å². The van der Waals surface area contributed by atoms with E-state index in [0.717, 1.165) is 31.1 Å². The first-order valence-electron chi connectivity index (χ1n) is 9.01. The molecule has 0 radical (unpaired) electrons. The average molecular weight is 417 g/mol. The summed E-state index contributed by atoms with van der Waals surface area (Å²) in [6.07, 6.45) is 9.69. The third kappa shape index (κ3) is 58.8. The summed E-state index contributed by atoms with van der Waals surface area (Å²) in [5, 5.41) is 23.4. The molecule has 0 atom stereocenters. The van der Waals surface area contributed by atoms with Crippen LogP contribution in [0.2, 0.25) is 0 Å². The van der Waals surface area contributed by atoms with Crippen LogP contribution >= 0.6 is 0 Å². The molecule has 0 saturated carbocycles. The number of amides is 1. The van der Waals surface area contributed by atoms with E-state index in [1.807, 2.05) is 0 Å². The monoisotopic (exact) mass is 417 g/mol. The molecule has 29 heavy (non-hydrogen) atoms. The molecule has 0 rings (SSSR count). The SMILES string of the molecule is C=CC(=O)O.C=CC(=O)O.C=CC(=O)OCCCO.CCCCCCCC(N)=O. The topological polar surface area (TPSA) is 164 Å². The Hall–Kier alpha value is -2.94. The zero-order valence-corrected chi connectivity index (χ0v) is 17.2. The van der Waals surface area contributed by atoms with Gasteiger partial charge in [-0.25, -0.2) is 14.4 Å². The molecule has 9 nitrogen and oxygen atoms in total. The number of nitrogens with two attached hydrogens (primary N) is 1. The van der Waals surface area contributed by atoms with E-state index < -0.39 is 17.9 Å². The van der Waals surface area contributed by atoms with E-state index in [4.69, 9.17) is 21.1 Å². The number of primary amides is 1. The van der Waals surface area contributed by atoms with E-state index in [-0.39, 0.29) is 19.1 Å². The van der Waals surface area contributed by atoms with E-state index in [0.29, 0.717) is 12.8 Å². The molecule has 0 aromatic rings.